The summed E-state index contributed by atoms with van der Waals surface area (Å²) in [5.41, 5.74) is 14.6. The molecule has 0 N–H and O–H groups in total. The molecule has 10 aromatic carbocycles. The van der Waals surface area contributed by atoms with E-state index in [1.165, 1.54) is 126 Å². The summed E-state index contributed by atoms with van der Waals surface area (Å²) >= 11 is 0. The van der Waals surface area contributed by atoms with Crippen LogP contribution in [0.15, 0.2) is 140 Å². The number of aryl methyl sites for hydroxylation is 1. The van der Waals surface area contributed by atoms with Gasteiger partial charge in [-0.3, -0.25) is 0 Å². The molecular weight excluding hydrogens is 589 g/mol. The highest BCUT2D eigenvalue weighted by Crippen LogP contribution is 2.60. The van der Waals surface area contributed by atoms with E-state index in [-0.39, 0.29) is 0 Å². The number of fused-ring (bicyclic) bond motifs is 7. The van der Waals surface area contributed by atoms with E-state index in [4.69, 9.17) is 0 Å². The summed E-state index contributed by atoms with van der Waals surface area (Å²) in [6, 6.07) is 52.8. The topological polar surface area (TPSA) is 0 Å². The summed E-state index contributed by atoms with van der Waals surface area (Å²) in [5, 5.41) is 16.1. The molecule has 0 amide bonds. The van der Waals surface area contributed by atoms with Crippen LogP contribution < -0.4 is 0 Å². The molecule has 0 saturated heterocycles. The zero-order valence-corrected chi connectivity index (χ0v) is 26.9. The van der Waals surface area contributed by atoms with E-state index in [1.807, 2.05) is 0 Å². The number of rotatable bonds is 2. The molecule has 2 aliphatic rings. The third-order valence-corrected chi connectivity index (χ3v) is 11.6. The first-order valence-corrected chi connectivity index (χ1v) is 17.3. The van der Waals surface area contributed by atoms with Gasteiger partial charge in [-0.25, -0.2) is 0 Å². The van der Waals surface area contributed by atoms with E-state index < -0.39 is 0 Å². The van der Waals surface area contributed by atoms with Crippen molar-refractivity contribution in [3.05, 3.63) is 156 Å². The van der Waals surface area contributed by atoms with E-state index in [2.05, 4.69) is 159 Å². The first-order valence-electron chi connectivity index (χ1n) is 17.3. The predicted octanol–water partition coefficient (Wildman–Crippen LogP) is 13.8. The van der Waals surface area contributed by atoms with Crippen LogP contribution in [0.3, 0.4) is 0 Å². The number of hydrogen-bond acceptors (Lipinski definition) is 0. The van der Waals surface area contributed by atoms with Crippen molar-refractivity contribution in [2.45, 2.75) is 6.92 Å². The fourth-order valence-corrected chi connectivity index (χ4v) is 9.65. The summed E-state index contributed by atoms with van der Waals surface area (Å²) in [6.07, 6.45) is 4.54. The largest absolute Gasteiger partial charge is 0.0620 e. The van der Waals surface area contributed by atoms with Crippen molar-refractivity contribution in [1.29, 1.82) is 0 Å². The van der Waals surface area contributed by atoms with Crippen molar-refractivity contribution < 1.29 is 0 Å². The van der Waals surface area contributed by atoms with Crippen LogP contribution in [0.5, 0.6) is 0 Å². The van der Waals surface area contributed by atoms with Crippen LogP contribution in [0.2, 0.25) is 0 Å². The molecule has 0 spiro atoms. The third-order valence-electron chi connectivity index (χ3n) is 11.6. The van der Waals surface area contributed by atoms with Gasteiger partial charge in [0.1, 0.15) is 0 Å². The zero-order valence-electron chi connectivity index (χ0n) is 26.9. The lowest BCUT2D eigenvalue weighted by Crippen LogP contribution is -1.95. The van der Waals surface area contributed by atoms with Gasteiger partial charge < -0.3 is 0 Å². The van der Waals surface area contributed by atoms with Crippen molar-refractivity contribution in [1.82, 2.24) is 0 Å². The highest BCUT2D eigenvalue weighted by molar-refractivity contribution is 6.40. The Kier molecular flexibility index (Phi) is 4.74. The molecule has 0 aliphatic heterocycles. The third kappa shape index (κ3) is 3.11. The molecule has 0 radical (unpaired) electrons. The minimum Gasteiger partial charge on any atom is -0.0620 e. The first kappa shape index (κ1) is 25.8. The molecule has 0 bridgehead atoms. The molecule has 0 nitrogen and oxygen atoms in total. The lowest BCUT2D eigenvalue weighted by Gasteiger charge is -2.22. The van der Waals surface area contributed by atoms with Gasteiger partial charge >= 0.3 is 0 Å². The van der Waals surface area contributed by atoms with E-state index in [0.717, 1.165) is 0 Å². The minimum absolute atomic E-state index is 1.27. The van der Waals surface area contributed by atoms with E-state index in [9.17, 15) is 0 Å². The van der Waals surface area contributed by atoms with Crippen LogP contribution in [0.25, 0.3) is 121 Å². The second-order valence-electron chi connectivity index (χ2n) is 13.9. The Morgan fingerprint density at radius 3 is 1.43 bits per heavy atom. The minimum atomic E-state index is 1.27. The van der Waals surface area contributed by atoms with E-state index in [0.29, 0.717) is 0 Å². The second kappa shape index (κ2) is 9.01. The highest BCUT2D eigenvalue weighted by atomic mass is 14.3. The average molecular weight is 617 g/mol. The molecule has 0 heterocycles. The molecule has 0 heteroatoms. The summed E-state index contributed by atoms with van der Waals surface area (Å²) in [7, 11) is 0. The van der Waals surface area contributed by atoms with Gasteiger partial charge in [0, 0.05) is 0 Å². The molecule has 0 atom stereocenters. The molecule has 0 saturated carbocycles. The Morgan fingerprint density at radius 2 is 0.776 bits per heavy atom. The Balaban J connectivity index is 1.33. The normalized spacial score (nSPS) is 12.9. The monoisotopic (exact) mass is 616 g/mol. The smallest absolute Gasteiger partial charge is 0.000718 e. The summed E-state index contributed by atoms with van der Waals surface area (Å²) in [6.45, 7) is 2.26. The van der Waals surface area contributed by atoms with Crippen molar-refractivity contribution in [3.63, 3.8) is 0 Å². The summed E-state index contributed by atoms with van der Waals surface area (Å²) < 4.78 is 0. The molecule has 12 rings (SSSR count). The van der Waals surface area contributed by atoms with Crippen molar-refractivity contribution in [2.75, 3.05) is 0 Å². The van der Waals surface area contributed by atoms with Gasteiger partial charge in [0.05, 0.1) is 0 Å². The molecule has 0 unspecified atom stereocenters. The Bertz CT molecular complexity index is 3090. The lowest BCUT2D eigenvalue weighted by atomic mass is 9.81. The van der Waals surface area contributed by atoms with Gasteiger partial charge in [-0.2, -0.15) is 0 Å². The Morgan fingerprint density at radius 1 is 0.286 bits per heavy atom. The van der Waals surface area contributed by atoms with E-state index in [1.54, 1.807) is 0 Å². The molecule has 224 valence electrons. The summed E-state index contributed by atoms with van der Waals surface area (Å²) in [5.74, 6) is 0. The SMILES string of the molecule is Cc1ccccc1-c1c2c(c(-c3cccc4ccccc34)c3ccccc13)-c1ccc3c4ccc5c6c(ccc(c7ccc-2c1c73)c64)C=C5. The number of benzene rings is 10. The first-order chi connectivity index (χ1) is 24.3. The van der Waals surface area contributed by atoms with Gasteiger partial charge in [-0.05, 0) is 133 Å². The van der Waals surface area contributed by atoms with Gasteiger partial charge in [-0.15, -0.1) is 0 Å². The Hall–Kier alpha value is -6.24. The van der Waals surface area contributed by atoms with E-state index >= 15 is 0 Å². The lowest BCUT2D eigenvalue weighted by molar-refractivity contribution is 1.47. The Labute approximate surface area is 283 Å². The van der Waals surface area contributed by atoms with Crippen molar-refractivity contribution in [3.8, 4) is 44.5 Å². The van der Waals surface area contributed by atoms with Crippen LogP contribution in [0, 0.1) is 6.92 Å². The fourth-order valence-electron chi connectivity index (χ4n) is 9.65. The molecule has 2 aliphatic carbocycles. The van der Waals surface area contributed by atoms with Crippen molar-refractivity contribution >= 4 is 76.8 Å². The van der Waals surface area contributed by atoms with Crippen LogP contribution >= 0.6 is 0 Å². The highest BCUT2D eigenvalue weighted by Gasteiger charge is 2.33. The standard InChI is InChI=1S/C49H28/c1-27-9-2-4-12-31(27)43-34-14-6-7-15-35(34)46(33-16-8-11-28-10-3-5-13-32(28)33)49-41-26-24-39-37-22-20-30-18-17-29-19-21-36(44(37)42(29)30)38-23-25-40(48(43)49)47(41)45(38)39/h2-26H,1H3. The molecule has 0 fully saturated rings. The fraction of sp³-hybridized carbons (Fsp3) is 0.0204. The van der Waals surface area contributed by atoms with Crippen LogP contribution in [-0.4, -0.2) is 0 Å². The predicted molar refractivity (Wildman–Crippen MR) is 212 cm³/mol. The quantitative estimate of drug-likeness (QED) is 0.134. The number of hydrogen-bond donors (Lipinski definition) is 0. The maximum Gasteiger partial charge on any atom is -0.000718 e. The van der Waals surface area contributed by atoms with Crippen LogP contribution in [-0.2, 0) is 0 Å². The molecule has 49 heavy (non-hydrogen) atoms. The van der Waals surface area contributed by atoms with Gasteiger partial charge in [0.2, 0.25) is 0 Å². The van der Waals surface area contributed by atoms with Crippen molar-refractivity contribution in [2.24, 2.45) is 0 Å². The maximum absolute atomic E-state index is 2.44. The molecular formula is C49H28. The van der Waals surface area contributed by atoms with Crippen LogP contribution in [0.4, 0.5) is 0 Å². The maximum atomic E-state index is 2.44. The van der Waals surface area contributed by atoms with Crippen LogP contribution in [0.1, 0.15) is 16.7 Å². The van der Waals surface area contributed by atoms with Gasteiger partial charge in [-0.1, -0.05) is 152 Å². The average Bonchev–Trinajstić information content (AvgIpc) is 3.73. The summed E-state index contributed by atoms with van der Waals surface area (Å²) in [4.78, 5) is 0. The van der Waals surface area contributed by atoms with Gasteiger partial charge in [0.25, 0.3) is 0 Å². The molecule has 10 aromatic rings. The molecule has 0 aromatic heterocycles. The second-order valence-corrected chi connectivity index (χ2v) is 13.9. The van der Waals surface area contributed by atoms with Gasteiger partial charge in [0.15, 0.2) is 0 Å². The zero-order chi connectivity index (χ0) is 32.0.